The molecule has 0 atom stereocenters. The lowest BCUT2D eigenvalue weighted by molar-refractivity contribution is 0.475. The topological polar surface area (TPSA) is 127 Å². The van der Waals surface area contributed by atoms with E-state index >= 15 is 0 Å². The third kappa shape index (κ3) is 2.27. The number of benzene rings is 2. The van der Waals surface area contributed by atoms with Crippen molar-refractivity contribution in [3.8, 4) is 11.5 Å². The second-order valence-corrected chi connectivity index (χ2v) is 5.89. The highest BCUT2D eigenvalue weighted by molar-refractivity contribution is 7.91. The number of hydrogen-bond donors (Lipinski definition) is 4. The zero-order valence-electron chi connectivity index (χ0n) is 9.74. The second kappa shape index (κ2) is 4.36. The van der Waals surface area contributed by atoms with Crippen LogP contribution in [0.3, 0.4) is 0 Å². The van der Waals surface area contributed by atoms with Gasteiger partial charge < -0.3 is 21.7 Å². The smallest absolute Gasteiger partial charge is 0.206 e. The molecule has 0 heterocycles. The molecule has 0 fully saturated rings. The molecule has 7 heteroatoms. The largest absolute Gasteiger partial charge is 0.506 e. The summed E-state index contributed by atoms with van der Waals surface area (Å²) in [7, 11) is -3.82. The van der Waals surface area contributed by atoms with Gasteiger partial charge in [0.05, 0.1) is 21.2 Å². The monoisotopic (exact) mass is 280 g/mol. The molecule has 0 spiro atoms. The molecule has 0 aromatic heterocycles. The molecule has 0 bridgehead atoms. The molecular formula is C12H12N2O4S. The SMILES string of the molecule is Nc1cc(S(=O)(=O)c2ccc(N)c(O)c2)ccc1O. The van der Waals surface area contributed by atoms with E-state index in [-0.39, 0.29) is 32.7 Å². The lowest BCUT2D eigenvalue weighted by Gasteiger charge is -2.07. The Morgan fingerprint density at radius 3 is 1.95 bits per heavy atom. The summed E-state index contributed by atoms with van der Waals surface area (Å²) >= 11 is 0. The number of nitrogens with two attached hydrogens (primary N) is 2. The van der Waals surface area contributed by atoms with E-state index in [1.807, 2.05) is 0 Å². The van der Waals surface area contributed by atoms with Crippen molar-refractivity contribution in [2.75, 3.05) is 11.5 Å². The molecule has 100 valence electrons. The number of aromatic hydroxyl groups is 2. The molecule has 6 nitrogen and oxygen atoms in total. The molecule has 0 amide bonds. The fourth-order valence-electron chi connectivity index (χ4n) is 1.53. The van der Waals surface area contributed by atoms with E-state index < -0.39 is 9.84 Å². The van der Waals surface area contributed by atoms with Crippen molar-refractivity contribution in [2.24, 2.45) is 0 Å². The van der Waals surface area contributed by atoms with Crippen LogP contribution in [0.15, 0.2) is 46.2 Å². The number of rotatable bonds is 2. The van der Waals surface area contributed by atoms with E-state index in [2.05, 4.69) is 0 Å². The molecule has 0 radical (unpaired) electrons. The fourth-order valence-corrected chi connectivity index (χ4v) is 2.84. The average molecular weight is 280 g/mol. The van der Waals surface area contributed by atoms with Crippen LogP contribution in [0.25, 0.3) is 0 Å². The van der Waals surface area contributed by atoms with Gasteiger partial charge in [-0.25, -0.2) is 8.42 Å². The average Bonchev–Trinajstić information content (AvgIpc) is 2.35. The van der Waals surface area contributed by atoms with E-state index in [0.29, 0.717) is 0 Å². The maximum Gasteiger partial charge on any atom is 0.206 e. The van der Waals surface area contributed by atoms with Crippen LogP contribution in [0.4, 0.5) is 11.4 Å². The first-order chi connectivity index (χ1) is 8.82. The maximum absolute atomic E-state index is 12.3. The first-order valence-corrected chi connectivity index (χ1v) is 6.73. The molecule has 0 unspecified atom stereocenters. The van der Waals surface area contributed by atoms with Crippen molar-refractivity contribution in [3.05, 3.63) is 36.4 Å². The molecule has 19 heavy (non-hydrogen) atoms. The van der Waals surface area contributed by atoms with E-state index in [0.717, 1.165) is 12.1 Å². The second-order valence-electron chi connectivity index (χ2n) is 3.94. The van der Waals surface area contributed by atoms with Crippen LogP contribution in [0, 0.1) is 0 Å². The number of phenolic OH excluding ortho intramolecular Hbond substituents is 2. The lowest BCUT2D eigenvalue weighted by atomic mass is 10.3. The van der Waals surface area contributed by atoms with E-state index in [9.17, 15) is 18.6 Å². The van der Waals surface area contributed by atoms with Gasteiger partial charge in [0.1, 0.15) is 11.5 Å². The third-order valence-corrected chi connectivity index (χ3v) is 4.37. The van der Waals surface area contributed by atoms with Gasteiger partial charge in [0, 0.05) is 6.07 Å². The van der Waals surface area contributed by atoms with Gasteiger partial charge in [-0.15, -0.1) is 0 Å². The van der Waals surface area contributed by atoms with Gasteiger partial charge in [-0.2, -0.15) is 0 Å². The van der Waals surface area contributed by atoms with E-state index in [1.165, 1.54) is 24.3 Å². The lowest BCUT2D eigenvalue weighted by Crippen LogP contribution is -2.03. The maximum atomic E-state index is 12.3. The van der Waals surface area contributed by atoms with Crippen LogP contribution in [-0.2, 0) is 9.84 Å². The molecular weight excluding hydrogens is 268 g/mol. The minimum absolute atomic E-state index is 0.0410. The summed E-state index contributed by atoms with van der Waals surface area (Å²) in [6.07, 6.45) is 0. The van der Waals surface area contributed by atoms with Crippen LogP contribution in [0.5, 0.6) is 11.5 Å². The molecule has 6 N–H and O–H groups in total. The summed E-state index contributed by atoms with van der Waals surface area (Å²) in [5.74, 6) is -0.507. The Hall–Kier alpha value is -2.41. The predicted octanol–water partition coefficient (Wildman–Crippen LogP) is 1.09. The van der Waals surface area contributed by atoms with E-state index in [4.69, 9.17) is 11.5 Å². The molecule has 0 saturated carbocycles. The highest BCUT2D eigenvalue weighted by Crippen LogP contribution is 2.30. The number of anilines is 2. The van der Waals surface area contributed by atoms with Crippen molar-refractivity contribution in [2.45, 2.75) is 9.79 Å². The molecule has 0 aliphatic rings. The van der Waals surface area contributed by atoms with Gasteiger partial charge in [-0.1, -0.05) is 0 Å². The summed E-state index contributed by atoms with van der Waals surface area (Å²) in [4.78, 5) is -0.184. The minimum Gasteiger partial charge on any atom is -0.506 e. The van der Waals surface area contributed by atoms with Crippen LogP contribution >= 0.6 is 0 Å². The molecule has 0 aliphatic heterocycles. The zero-order chi connectivity index (χ0) is 14.2. The third-order valence-electron chi connectivity index (χ3n) is 2.62. The van der Waals surface area contributed by atoms with Gasteiger partial charge in [0.25, 0.3) is 0 Å². The van der Waals surface area contributed by atoms with Gasteiger partial charge in [-0.05, 0) is 30.3 Å². The highest BCUT2D eigenvalue weighted by Gasteiger charge is 2.19. The zero-order valence-corrected chi connectivity index (χ0v) is 10.6. The standard InChI is InChI=1S/C12H12N2O4S/c13-9-3-1-8(6-12(9)16)19(17,18)7-2-4-11(15)10(14)5-7/h1-6,15-16H,13-14H2. The normalized spacial score (nSPS) is 11.4. The number of phenols is 2. The Morgan fingerprint density at radius 1 is 0.789 bits per heavy atom. The van der Waals surface area contributed by atoms with Crippen molar-refractivity contribution in [3.63, 3.8) is 0 Å². The molecule has 2 rings (SSSR count). The molecule has 2 aromatic carbocycles. The molecule has 2 aromatic rings. The summed E-state index contributed by atoms with van der Waals surface area (Å²) in [6.45, 7) is 0. The Morgan fingerprint density at radius 2 is 1.37 bits per heavy atom. The molecule has 0 saturated heterocycles. The number of sulfone groups is 1. The van der Waals surface area contributed by atoms with Crippen LogP contribution in [0.1, 0.15) is 0 Å². The first-order valence-electron chi connectivity index (χ1n) is 5.24. The fraction of sp³-hybridized carbons (Fsp3) is 0. The summed E-state index contributed by atoms with van der Waals surface area (Å²) in [5, 5.41) is 18.7. The summed E-state index contributed by atoms with van der Waals surface area (Å²) < 4.78 is 24.5. The Labute approximate surface area is 109 Å². The van der Waals surface area contributed by atoms with Crippen LogP contribution < -0.4 is 11.5 Å². The Kier molecular flexibility index (Phi) is 2.99. The summed E-state index contributed by atoms with van der Waals surface area (Å²) in [5.41, 5.74) is 10.9. The first kappa shape index (κ1) is 13.0. The van der Waals surface area contributed by atoms with E-state index in [1.54, 1.807) is 0 Å². The summed E-state index contributed by atoms with van der Waals surface area (Å²) in [6, 6.07) is 7.22. The minimum atomic E-state index is -3.82. The number of nitrogen functional groups attached to an aromatic ring is 2. The highest BCUT2D eigenvalue weighted by atomic mass is 32.2. The van der Waals surface area contributed by atoms with Crippen LogP contribution in [-0.4, -0.2) is 18.6 Å². The quantitative estimate of drug-likeness (QED) is 0.482. The van der Waals surface area contributed by atoms with Crippen molar-refractivity contribution in [1.82, 2.24) is 0 Å². The van der Waals surface area contributed by atoms with Gasteiger partial charge in [-0.3, -0.25) is 0 Å². The predicted molar refractivity (Wildman–Crippen MR) is 70.5 cm³/mol. The van der Waals surface area contributed by atoms with Crippen LogP contribution in [0.2, 0.25) is 0 Å². The number of hydrogen-bond acceptors (Lipinski definition) is 6. The van der Waals surface area contributed by atoms with Gasteiger partial charge in [0.2, 0.25) is 9.84 Å². The van der Waals surface area contributed by atoms with Crippen molar-refractivity contribution < 1.29 is 18.6 Å². The van der Waals surface area contributed by atoms with Crippen molar-refractivity contribution in [1.29, 1.82) is 0 Å². The Balaban J connectivity index is 2.58. The van der Waals surface area contributed by atoms with Crippen molar-refractivity contribution >= 4 is 21.2 Å². The Bertz CT molecular complexity index is 684. The molecule has 0 aliphatic carbocycles. The van der Waals surface area contributed by atoms with Gasteiger partial charge in [0.15, 0.2) is 0 Å². The van der Waals surface area contributed by atoms with Gasteiger partial charge >= 0.3 is 0 Å².